The first-order chi connectivity index (χ1) is 6.75. The molecule has 3 heteroatoms. The third-order valence-corrected chi connectivity index (χ3v) is 3.13. The molecule has 2 atom stereocenters. The van der Waals surface area contributed by atoms with Crippen LogP contribution >= 0.6 is 0 Å². The maximum atomic E-state index is 11.8. The lowest BCUT2D eigenvalue weighted by Crippen LogP contribution is -2.32. The van der Waals surface area contributed by atoms with Gasteiger partial charge in [-0.2, -0.15) is 0 Å². The molecular formula is C11H18N2O. The van der Waals surface area contributed by atoms with Gasteiger partial charge < -0.3 is 10.6 Å². The first-order valence-corrected chi connectivity index (χ1v) is 5.45. The predicted molar refractivity (Wildman–Crippen MR) is 55.7 cm³/mol. The van der Waals surface area contributed by atoms with Crippen LogP contribution < -0.4 is 5.73 Å². The SMILES string of the molecule is NC1CCN(C(=O)CC2C=CCC2)C1. The van der Waals surface area contributed by atoms with Crippen molar-refractivity contribution in [1.82, 2.24) is 4.90 Å². The summed E-state index contributed by atoms with van der Waals surface area (Å²) in [6.07, 6.45) is 8.28. The second kappa shape index (κ2) is 4.13. The van der Waals surface area contributed by atoms with E-state index in [1.165, 1.54) is 0 Å². The molecule has 0 saturated carbocycles. The molecule has 1 aliphatic heterocycles. The van der Waals surface area contributed by atoms with Gasteiger partial charge in [-0.3, -0.25) is 4.79 Å². The van der Waals surface area contributed by atoms with Crippen molar-refractivity contribution in [3.8, 4) is 0 Å². The van der Waals surface area contributed by atoms with E-state index in [1.807, 2.05) is 4.90 Å². The molecule has 1 fully saturated rings. The van der Waals surface area contributed by atoms with Crippen LogP contribution in [0.25, 0.3) is 0 Å². The summed E-state index contributed by atoms with van der Waals surface area (Å²) in [6.45, 7) is 1.62. The van der Waals surface area contributed by atoms with E-state index in [9.17, 15) is 4.79 Å². The molecule has 78 valence electrons. The van der Waals surface area contributed by atoms with Crippen LogP contribution in [0.1, 0.15) is 25.7 Å². The van der Waals surface area contributed by atoms with Crippen molar-refractivity contribution in [2.24, 2.45) is 11.7 Å². The molecular weight excluding hydrogens is 176 g/mol. The van der Waals surface area contributed by atoms with Gasteiger partial charge >= 0.3 is 0 Å². The summed E-state index contributed by atoms with van der Waals surface area (Å²) < 4.78 is 0. The van der Waals surface area contributed by atoms with Crippen molar-refractivity contribution in [3.63, 3.8) is 0 Å². The topological polar surface area (TPSA) is 46.3 Å². The van der Waals surface area contributed by atoms with Crippen molar-refractivity contribution >= 4 is 5.91 Å². The summed E-state index contributed by atoms with van der Waals surface area (Å²) in [5.41, 5.74) is 5.76. The average Bonchev–Trinajstić information content (AvgIpc) is 2.75. The van der Waals surface area contributed by atoms with Gasteiger partial charge in [0, 0.05) is 25.6 Å². The highest BCUT2D eigenvalue weighted by molar-refractivity contribution is 5.77. The van der Waals surface area contributed by atoms with Crippen LogP contribution in [0.2, 0.25) is 0 Å². The number of allylic oxidation sites excluding steroid dienone is 2. The lowest BCUT2D eigenvalue weighted by molar-refractivity contribution is -0.130. The summed E-state index contributed by atoms with van der Waals surface area (Å²) in [7, 11) is 0. The summed E-state index contributed by atoms with van der Waals surface area (Å²) >= 11 is 0. The molecule has 0 aromatic carbocycles. The second-order valence-corrected chi connectivity index (χ2v) is 4.36. The van der Waals surface area contributed by atoms with Gasteiger partial charge in [0.1, 0.15) is 0 Å². The highest BCUT2D eigenvalue weighted by Crippen LogP contribution is 2.22. The predicted octanol–water partition coefficient (Wildman–Crippen LogP) is 0.902. The minimum Gasteiger partial charge on any atom is -0.341 e. The summed E-state index contributed by atoms with van der Waals surface area (Å²) in [6, 6.07) is 0.207. The Labute approximate surface area is 84.9 Å². The number of carbonyl (C=O) groups is 1. The molecule has 0 aromatic heterocycles. The third-order valence-electron chi connectivity index (χ3n) is 3.13. The smallest absolute Gasteiger partial charge is 0.223 e. The molecule has 1 saturated heterocycles. The maximum absolute atomic E-state index is 11.8. The maximum Gasteiger partial charge on any atom is 0.223 e. The molecule has 0 radical (unpaired) electrons. The average molecular weight is 194 g/mol. The zero-order valence-corrected chi connectivity index (χ0v) is 8.48. The van der Waals surface area contributed by atoms with Gasteiger partial charge in [0.05, 0.1) is 0 Å². The van der Waals surface area contributed by atoms with Gasteiger partial charge in [-0.15, -0.1) is 0 Å². The monoisotopic (exact) mass is 194 g/mol. The van der Waals surface area contributed by atoms with Crippen LogP contribution in [0.15, 0.2) is 12.2 Å². The second-order valence-electron chi connectivity index (χ2n) is 4.36. The third kappa shape index (κ3) is 2.15. The van der Waals surface area contributed by atoms with E-state index in [2.05, 4.69) is 12.2 Å². The highest BCUT2D eigenvalue weighted by Gasteiger charge is 2.25. The van der Waals surface area contributed by atoms with E-state index < -0.39 is 0 Å². The van der Waals surface area contributed by atoms with Crippen molar-refractivity contribution in [2.45, 2.75) is 31.7 Å². The standard InChI is InChI=1S/C11H18N2O/c12-10-5-6-13(8-10)11(14)7-9-3-1-2-4-9/h1,3,9-10H,2,4-8,12H2. The molecule has 0 aromatic rings. The lowest BCUT2D eigenvalue weighted by Gasteiger charge is -2.17. The Kier molecular flexibility index (Phi) is 2.87. The first-order valence-electron chi connectivity index (χ1n) is 5.45. The van der Waals surface area contributed by atoms with Gasteiger partial charge in [0.15, 0.2) is 0 Å². The van der Waals surface area contributed by atoms with Crippen molar-refractivity contribution in [2.75, 3.05) is 13.1 Å². The van der Waals surface area contributed by atoms with E-state index in [-0.39, 0.29) is 11.9 Å². The van der Waals surface area contributed by atoms with Gasteiger partial charge in [0.2, 0.25) is 5.91 Å². The fraction of sp³-hybridized carbons (Fsp3) is 0.727. The van der Waals surface area contributed by atoms with Gasteiger partial charge in [-0.1, -0.05) is 12.2 Å². The number of nitrogens with two attached hydrogens (primary N) is 1. The molecule has 14 heavy (non-hydrogen) atoms. The fourth-order valence-electron chi connectivity index (χ4n) is 2.23. The minimum absolute atomic E-state index is 0.207. The molecule has 0 spiro atoms. The number of nitrogens with zero attached hydrogens (tertiary/aromatic N) is 1. The first kappa shape index (κ1) is 9.71. The van der Waals surface area contributed by atoms with Crippen molar-refractivity contribution in [3.05, 3.63) is 12.2 Å². The van der Waals surface area contributed by atoms with Crippen molar-refractivity contribution in [1.29, 1.82) is 0 Å². The molecule has 2 N–H and O–H groups in total. The number of amides is 1. The van der Waals surface area contributed by atoms with E-state index in [0.29, 0.717) is 12.3 Å². The lowest BCUT2D eigenvalue weighted by atomic mass is 10.0. The van der Waals surface area contributed by atoms with E-state index in [0.717, 1.165) is 32.4 Å². The zero-order valence-electron chi connectivity index (χ0n) is 8.48. The Morgan fingerprint density at radius 2 is 2.36 bits per heavy atom. The van der Waals surface area contributed by atoms with Crippen LogP contribution in [0.5, 0.6) is 0 Å². The minimum atomic E-state index is 0.207. The number of carbonyl (C=O) groups excluding carboxylic acids is 1. The summed E-state index contributed by atoms with van der Waals surface area (Å²) in [5.74, 6) is 0.772. The Morgan fingerprint density at radius 1 is 1.50 bits per heavy atom. The highest BCUT2D eigenvalue weighted by atomic mass is 16.2. The van der Waals surface area contributed by atoms with Crippen LogP contribution in [0.3, 0.4) is 0 Å². The number of rotatable bonds is 2. The Morgan fingerprint density at radius 3 is 2.93 bits per heavy atom. The van der Waals surface area contributed by atoms with Crippen LogP contribution in [0.4, 0.5) is 0 Å². The molecule has 2 unspecified atom stereocenters. The molecule has 3 nitrogen and oxygen atoms in total. The van der Waals surface area contributed by atoms with Crippen LogP contribution in [0, 0.1) is 5.92 Å². The number of hydrogen-bond donors (Lipinski definition) is 1. The van der Waals surface area contributed by atoms with Crippen LogP contribution in [-0.2, 0) is 4.79 Å². The van der Waals surface area contributed by atoms with Crippen LogP contribution in [-0.4, -0.2) is 29.9 Å². The van der Waals surface area contributed by atoms with E-state index >= 15 is 0 Å². The normalized spacial score (nSPS) is 31.4. The molecule has 1 heterocycles. The van der Waals surface area contributed by atoms with Gasteiger partial charge in [0.25, 0.3) is 0 Å². The molecule has 2 aliphatic rings. The van der Waals surface area contributed by atoms with E-state index in [1.54, 1.807) is 0 Å². The Bertz CT molecular complexity index is 250. The molecule has 1 amide bonds. The number of likely N-dealkylation sites (tertiary alicyclic amines) is 1. The molecule has 1 aliphatic carbocycles. The summed E-state index contributed by atoms with van der Waals surface area (Å²) in [5, 5.41) is 0. The quantitative estimate of drug-likeness (QED) is 0.664. The van der Waals surface area contributed by atoms with Crippen molar-refractivity contribution < 1.29 is 4.79 Å². The molecule has 0 bridgehead atoms. The Hall–Kier alpha value is -0.830. The number of hydrogen-bond acceptors (Lipinski definition) is 2. The zero-order chi connectivity index (χ0) is 9.97. The Balaban J connectivity index is 1.80. The summed E-state index contributed by atoms with van der Waals surface area (Å²) in [4.78, 5) is 13.7. The van der Waals surface area contributed by atoms with E-state index in [4.69, 9.17) is 5.73 Å². The molecule has 2 rings (SSSR count). The fourth-order valence-corrected chi connectivity index (χ4v) is 2.23. The largest absolute Gasteiger partial charge is 0.341 e. The van der Waals surface area contributed by atoms with Gasteiger partial charge in [-0.25, -0.2) is 0 Å². The van der Waals surface area contributed by atoms with Gasteiger partial charge in [-0.05, 0) is 25.2 Å².